The second kappa shape index (κ2) is 7.50. The number of pyridine rings is 1. The Hall–Kier alpha value is -1.33. The SMILES string of the molecule is CCN(C(=O)C(C)C)[C@H]1CCN(c2nc3cc(Cl)ccc3cc2Br)C1. The van der Waals surface area contributed by atoms with Crippen molar-refractivity contribution < 1.29 is 4.79 Å². The maximum atomic E-state index is 12.5. The molecule has 0 radical (unpaired) electrons. The van der Waals surface area contributed by atoms with Crippen molar-refractivity contribution in [1.82, 2.24) is 9.88 Å². The largest absolute Gasteiger partial charge is 0.354 e. The fraction of sp³-hybridized carbons (Fsp3) is 0.474. The number of fused-ring (bicyclic) bond motifs is 1. The molecule has 6 heteroatoms. The molecule has 0 bridgehead atoms. The van der Waals surface area contributed by atoms with Crippen LogP contribution in [0.1, 0.15) is 27.2 Å². The molecule has 0 unspecified atom stereocenters. The predicted molar refractivity (Wildman–Crippen MR) is 107 cm³/mol. The van der Waals surface area contributed by atoms with Crippen LogP contribution in [-0.4, -0.2) is 41.5 Å². The monoisotopic (exact) mass is 423 g/mol. The van der Waals surface area contributed by atoms with E-state index in [1.54, 1.807) is 0 Å². The highest BCUT2D eigenvalue weighted by molar-refractivity contribution is 9.10. The highest BCUT2D eigenvalue weighted by atomic mass is 79.9. The third-order valence-electron chi connectivity index (χ3n) is 4.74. The summed E-state index contributed by atoms with van der Waals surface area (Å²) in [5, 5.41) is 1.74. The summed E-state index contributed by atoms with van der Waals surface area (Å²) in [5.41, 5.74) is 0.889. The number of aromatic nitrogens is 1. The van der Waals surface area contributed by atoms with Gasteiger partial charge >= 0.3 is 0 Å². The predicted octanol–water partition coefficient (Wildman–Crippen LogP) is 4.73. The number of benzene rings is 1. The van der Waals surface area contributed by atoms with Crippen molar-refractivity contribution in [2.75, 3.05) is 24.5 Å². The molecule has 0 aliphatic carbocycles. The van der Waals surface area contributed by atoms with Gasteiger partial charge < -0.3 is 9.80 Å². The van der Waals surface area contributed by atoms with Gasteiger partial charge in [0.25, 0.3) is 0 Å². The van der Waals surface area contributed by atoms with E-state index in [0.29, 0.717) is 5.02 Å². The van der Waals surface area contributed by atoms with Gasteiger partial charge in [-0.15, -0.1) is 0 Å². The topological polar surface area (TPSA) is 36.4 Å². The van der Waals surface area contributed by atoms with Crippen LogP contribution >= 0.6 is 27.5 Å². The van der Waals surface area contributed by atoms with Crippen molar-refractivity contribution in [1.29, 1.82) is 0 Å². The molecule has 134 valence electrons. The van der Waals surface area contributed by atoms with Gasteiger partial charge in [-0.05, 0) is 47.5 Å². The van der Waals surface area contributed by atoms with E-state index in [9.17, 15) is 4.79 Å². The van der Waals surface area contributed by atoms with Gasteiger partial charge in [-0.25, -0.2) is 4.98 Å². The summed E-state index contributed by atoms with van der Waals surface area (Å²) in [5.74, 6) is 1.18. The number of nitrogens with zero attached hydrogens (tertiary/aromatic N) is 3. The Morgan fingerprint density at radius 2 is 2.20 bits per heavy atom. The number of hydrogen-bond donors (Lipinski definition) is 0. The molecule has 1 amide bonds. The average Bonchev–Trinajstić information content (AvgIpc) is 3.04. The molecule has 0 N–H and O–H groups in total. The fourth-order valence-electron chi connectivity index (χ4n) is 3.44. The molecule has 1 aliphatic rings. The van der Waals surface area contributed by atoms with E-state index in [1.165, 1.54) is 0 Å². The van der Waals surface area contributed by atoms with Crippen LogP contribution in [0.5, 0.6) is 0 Å². The number of halogens is 2. The molecule has 1 saturated heterocycles. The molecule has 1 aliphatic heterocycles. The summed E-state index contributed by atoms with van der Waals surface area (Å²) in [6, 6.07) is 8.06. The maximum Gasteiger partial charge on any atom is 0.225 e. The third-order valence-corrected chi connectivity index (χ3v) is 5.55. The summed E-state index contributed by atoms with van der Waals surface area (Å²) in [6.45, 7) is 8.42. The van der Waals surface area contributed by atoms with Gasteiger partial charge in [0.1, 0.15) is 5.82 Å². The molecular formula is C19H23BrClN3O. The highest BCUT2D eigenvalue weighted by Gasteiger charge is 2.32. The summed E-state index contributed by atoms with van der Waals surface area (Å²) in [6.07, 6.45) is 0.966. The van der Waals surface area contributed by atoms with Crippen molar-refractivity contribution in [3.63, 3.8) is 0 Å². The average molecular weight is 425 g/mol. The standard InChI is InChI=1S/C19H23BrClN3O/c1-4-24(19(25)12(2)3)15-7-8-23(11-15)18-16(20)9-13-5-6-14(21)10-17(13)22-18/h5-6,9-10,12,15H,4,7-8,11H2,1-3H3/t15-/m0/s1. The molecule has 1 aromatic heterocycles. The first-order chi connectivity index (χ1) is 11.9. The minimum Gasteiger partial charge on any atom is -0.354 e. The minimum absolute atomic E-state index is 0.0293. The van der Waals surface area contributed by atoms with E-state index in [1.807, 2.05) is 36.9 Å². The number of rotatable bonds is 4. The van der Waals surface area contributed by atoms with E-state index in [0.717, 1.165) is 47.2 Å². The Bertz CT molecular complexity index is 796. The Kier molecular flexibility index (Phi) is 5.54. The molecule has 4 nitrogen and oxygen atoms in total. The van der Waals surface area contributed by atoms with Gasteiger partial charge in [0.15, 0.2) is 0 Å². The summed E-state index contributed by atoms with van der Waals surface area (Å²) in [4.78, 5) is 21.5. The molecule has 1 atom stereocenters. The van der Waals surface area contributed by atoms with E-state index < -0.39 is 0 Å². The lowest BCUT2D eigenvalue weighted by Gasteiger charge is -2.29. The van der Waals surface area contributed by atoms with Gasteiger partial charge in [0, 0.05) is 36.0 Å². The number of hydrogen-bond acceptors (Lipinski definition) is 3. The number of likely N-dealkylation sites (N-methyl/N-ethyl adjacent to an activating group) is 1. The lowest BCUT2D eigenvalue weighted by molar-refractivity contribution is -0.136. The molecule has 0 spiro atoms. The first-order valence-electron chi connectivity index (χ1n) is 8.72. The van der Waals surface area contributed by atoms with Crippen molar-refractivity contribution in [2.45, 2.75) is 33.2 Å². The molecule has 2 aromatic rings. The van der Waals surface area contributed by atoms with Gasteiger partial charge in [-0.1, -0.05) is 31.5 Å². The quantitative estimate of drug-likeness (QED) is 0.711. The van der Waals surface area contributed by atoms with Crippen molar-refractivity contribution in [2.24, 2.45) is 5.92 Å². The van der Waals surface area contributed by atoms with Crippen LogP contribution in [0, 0.1) is 5.92 Å². The van der Waals surface area contributed by atoms with Crippen LogP contribution in [-0.2, 0) is 4.79 Å². The van der Waals surface area contributed by atoms with Crippen molar-refractivity contribution in [3.8, 4) is 0 Å². The molecule has 1 fully saturated rings. The van der Waals surface area contributed by atoms with Crippen LogP contribution in [0.3, 0.4) is 0 Å². The first-order valence-corrected chi connectivity index (χ1v) is 9.89. The van der Waals surface area contributed by atoms with Crippen molar-refractivity contribution >= 4 is 50.2 Å². The van der Waals surface area contributed by atoms with Crippen LogP contribution in [0.15, 0.2) is 28.7 Å². The number of carbonyl (C=O) groups is 1. The second-order valence-electron chi connectivity index (χ2n) is 6.80. The molecule has 25 heavy (non-hydrogen) atoms. The second-order valence-corrected chi connectivity index (χ2v) is 8.09. The normalized spacial score (nSPS) is 17.5. The van der Waals surface area contributed by atoms with Crippen LogP contribution in [0.4, 0.5) is 5.82 Å². The first kappa shape index (κ1) is 18.5. The summed E-state index contributed by atoms with van der Waals surface area (Å²) >= 11 is 9.76. The summed E-state index contributed by atoms with van der Waals surface area (Å²) in [7, 11) is 0. The molecule has 3 rings (SSSR count). The maximum absolute atomic E-state index is 12.5. The zero-order valence-electron chi connectivity index (χ0n) is 14.8. The minimum atomic E-state index is 0.0293. The Morgan fingerprint density at radius 3 is 2.88 bits per heavy atom. The number of amides is 1. The van der Waals surface area contributed by atoms with Gasteiger partial charge in [-0.2, -0.15) is 0 Å². The lowest BCUT2D eigenvalue weighted by atomic mass is 10.1. The Labute approximate surface area is 162 Å². The van der Waals surface area contributed by atoms with E-state index in [4.69, 9.17) is 16.6 Å². The van der Waals surface area contributed by atoms with Crippen LogP contribution < -0.4 is 4.90 Å². The highest BCUT2D eigenvalue weighted by Crippen LogP contribution is 2.32. The van der Waals surface area contributed by atoms with Gasteiger partial charge in [0.05, 0.1) is 16.0 Å². The zero-order valence-corrected chi connectivity index (χ0v) is 17.1. The van der Waals surface area contributed by atoms with Crippen LogP contribution in [0.2, 0.25) is 5.02 Å². The number of carbonyl (C=O) groups excluding carboxylic acids is 1. The smallest absolute Gasteiger partial charge is 0.225 e. The summed E-state index contributed by atoms with van der Waals surface area (Å²) < 4.78 is 0.973. The Balaban J connectivity index is 1.85. The zero-order chi connectivity index (χ0) is 18.1. The van der Waals surface area contributed by atoms with Crippen LogP contribution in [0.25, 0.3) is 10.9 Å². The van der Waals surface area contributed by atoms with E-state index in [-0.39, 0.29) is 17.9 Å². The van der Waals surface area contributed by atoms with E-state index in [2.05, 4.69) is 33.8 Å². The Morgan fingerprint density at radius 1 is 1.44 bits per heavy atom. The van der Waals surface area contributed by atoms with Crippen molar-refractivity contribution in [3.05, 3.63) is 33.8 Å². The van der Waals surface area contributed by atoms with Gasteiger partial charge in [-0.3, -0.25) is 4.79 Å². The lowest BCUT2D eigenvalue weighted by Crippen LogP contribution is -2.43. The third kappa shape index (κ3) is 3.77. The number of anilines is 1. The van der Waals surface area contributed by atoms with E-state index >= 15 is 0 Å². The molecule has 0 saturated carbocycles. The fourth-order valence-corrected chi connectivity index (χ4v) is 4.19. The molecule has 1 aromatic carbocycles. The molecular weight excluding hydrogens is 402 g/mol. The van der Waals surface area contributed by atoms with Gasteiger partial charge in [0.2, 0.25) is 5.91 Å². The molecule has 2 heterocycles.